The van der Waals surface area contributed by atoms with Gasteiger partial charge in [0.2, 0.25) is 11.8 Å². The Bertz CT molecular complexity index is 2310. The van der Waals surface area contributed by atoms with Crippen LogP contribution in [-0.4, -0.2) is 117 Å². The van der Waals surface area contributed by atoms with E-state index < -0.39 is 47.8 Å². The van der Waals surface area contributed by atoms with Crippen LogP contribution >= 0.6 is 11.3 Å². The molecule has 1 aromatic carbocycles. The molecule has 2 saturated heterocycles. The maximum Gasteiger partial charge on any atom is 0.331 e. The Hall–Kier alpha value is -5.27. The zero-order chi connectivity index (χ0) is 41.7. The molecular weight excluding hydrogens is 799 g/mol. The van der Waals surface area contributed by atoms with Gasteiger partial charge in [-0.15, -0.1) is 0 Å². The van der Waals surface area contributed by atoms with Gasteiger partial charge in [0.25, 0.3) is 18.2 Å². The van der Waals surface area contributed by atoms with E-state index in [1.54, 1.807) is 35.1 Å². The van der Waals surface area contributed by atoms with Gasteiger partial charge in [0, 0.05) is 56.2 Å². The first-order chi connectivity index (χ1) is 29.0. The number of alkyl halides is 2. The molecular formula is C41H48F2N10O6S. The van der Waals surface area contributed by atoms with Gasteiger partial charge in [-0.1, -0.05) is 17.4 Å². The topological polar surface area (TPSA) is 176 Å². The van der Waals surface area contributed by atoms with Crippen LogP contribution in [0.15, 0.2) is 36.7 Å². The minimum absolute atomic E-state index is 0.00151. The number of imide groups is 2. The summed E-state index contributed by atoms with van der Waals surface area (Å²) >= 11 is 1.48. The second-order valence-corrected chi connectivity index (χ2v) is 17.6. The van der Waals surface area contributed by atoms with Crippen molar-refractivity contribution in [1.29, 1.82) is 0 Å². The molecule has 16 nitrogen and oxygen atoms in total. The number of morpholine rings is 1. The zero-order valence-electron chi connectivity index (χ0n) is 33.3. The van der Waals surface area contributed by atoms with Gasteiger partial charge in [-0.2, -0.15) is 5.10 Å². The summed E-state index contributed by atoms with van der Waals surface area (Å²) in [7, 11) is 2.16. The lowest BCUT2D eigenvalue weighted by atomic mass is 9.84. The summed E-state index contributed by atoms with van der Waals surface area (Å²) < 4.78 is 37.7. The summed E-state index contributed by atoms with van der Waals surface area (Å²) in [5.41, 5.74) is 1.14. The molecule has 0 radical (unpaired) electrons. The molecule has 1 unspecified atom stereocenters. The molecule has 1 atom stereocenters. The molecule has 2 saturated carbocycles. The van der Waals surface area contributed by atoms with Crippen LogP contribution in [0.2, 0.25) is 0 Å². The fourth-order valence-corrected chi connectivity index (χ4v) is 10.6. The average Bonchev–Trinajstić information content (AvgIpc) is 4.02. The minimum atomic E-state index is -2.86. The van der Waals surface area contributed by atoms with E-state index in [1.165, 1.54) is 22.1 Å². The first kappa shape index (κ1) is 40.2. The molecule has 318 valence electrons. The molecule has 0 spiro atoms. The van der Waals surface area contributed by atoms with Crippen LogP contribution in [0.25, 0.3) is 10.3 Å². The predicted octanol–water partition coefficient (Wildman–Crippen LogP) is 5.64. The summed E-state index contributed by atoms with van der Waals surface area (Å²) in [6.07, 6.45) is 7.56. The van der Waals surface area contributed by atoms with E-state index in [4.69, 9.17) is 4.74 Å². The number of anilines is 3. The summed E-state index contributed by atoms with van der Waals surface area (Å²) in [4.78, 5) is 74.7. The molecule has 3 aromatic heterocycles. The van der Waals surface area contributed by atoms with Gasteiger partial charge < -0.3 is 25.2 Å². The van der Waals surface area contributed by atoms with Gasteiger partial charge in [0.1, 0.15) is 6.04 Å². The Labute approximate surface area is 348 Å². The molecule has 6 heterocycles. The summed E-state index contributed by atoms with van der Waals surface area (Å²) in [6.45, 7) is 3.57. The van der Waals surface area contributed by atoms with Crippen molar-refractivity contribution in [2.75, 3.05) is 55.4 Å². The number of ether oxygens (including phenoxy) is 1. The van der Waals surface area contributed by atoms with Crippen LogP contribution in [0.4, 0.5) is 30.1 Å². The van der Waals surface area contributed by atoms with Crippen molar-refractivity contribution >= 4 is 67.9 Å². The number of hydrogen-bond donors (Lipinski definition) is 3. The normalized spacial score (nSPS) is 25.1. The highest BCUT2D eigenvalue weighted by Crippen LogP contribution is 2.38. The van der Waals surface area contributed by atoms with E-state index in [2.05, 4.69) is 42.9 Å². The Morgan fingerprint density at radius 1 is 0.983 bits per heavy atom. The lowest BCUT2D eigenvalue weighted by Gasteiger charge is -2.38. The number of benzene rings is 1. The first-order valence-corrected chi connectivity index (χ1v) is 21.6. The minimum Gasteiger partial charge on any atom is -0.382 e. The molecule has 60 heavy (non-hydrogen) atoms. The number of thiazole rings is 1. The maximum atomic E-state index is 14.2. The van der Waals surface area contributed by atoms with E-state index in [0.717, 1.165) is 72.6 Å². The molecule has 19 heteroatoms. The third-order valence-electron chi connectivity index (χ3n) is 12.8. The molecule has 9 rings (SSSR count). The van der Waals surface area contributed by atoms with Crippen molar-refractivity contribution in [3.8, 4) is 0 Å². The van der Waals surface area contributed by atoms with Crippen LogP contribution in [-0.2, 0) is 14.3 Å². The highest BCUT2D eigenvalue weighted by atomic mass is 32.1. The third-order valence-corrected chi connectivity index (χ3v) is 13.9. The standard InChI is InChI=1S/C41H48F2N10O6S/c1-49(25-11-7-24(8-12-25)44-28-4-2-3-27-33(28)39(57)53(38(27)56)30-13-14-32(54)46-37(30)55)21-23-5-9-26(10-6-23)52-22-29(34(48-52)35(42)43)45-40(58)51-16-15-31-36(51)47-41(60-31)50-17-19-59-20-18-50/h2-4,15-16,22-26,30,35,44H,5-14,17-21H2,1H3,(H,45,58)(H,46,54,55)/t23-,24-,25-,26-,30?. The largest absolute Gasteiger partial charge is 0.382 e. The van der Waals surface area contributed by atoms with Crippen molar-refractivity contribution < 1.29 is 37.5 Å². The van der Waals surface area contributed by atoms with Gasteiger partial charge in [-0.3, -0.25) is 38.6 Å². The van der Waals surface area contributed by atoms with E-state index >= 15 is 0 Å². The molecule has 5 aliphatic rings. The van der Waals surface area contributed by atoms with Crippen LogP contribution in [0, 0.1) is 5.92 Å². The number of hydrogen-bond acceptors (Lipinski definition) is 12. The van der Waals surface area contributed by atoms with Gasteiger partial charge in [-0.05, 0) is 89.0 Å². The fraction of sp³-hybridized carbons (Fsp3) is 0.537. The number of carbonyl (C=O) groups is 5. The Balaban J connectivity index is 0.762. The van der Waals surface area contributed by atoms with Crippen molar-refractivity contribution in [2.45, 2.75) is 94.8 Å². The number of nitrogens with zero attached hydrogens (tertiary/aromatic N) is 7. The lowest BCUT2D eigenvalue weighted by Crippen LogP contribution is -2.54. The number of halogens is 2. The van der Waals surface area contributed by atoms with Gasteiger partial charge in [-0.25, -0.2) is 18.6 Å². The van der Waals surface area contributed by atoms with Crippen molar-refractivity contribution in [3.05, 3.63) is 53.5 Å². The monoisotopic (exact) mass is 846 g/mol. The quantitative estimate of drug-likeness (QED) is 0.169. The molecule has 3 aliphatic heterocycles. The molecule has 4 aromatic rings. The number of amides is 5. The van der Waals surface area contributed by atoms with Gasteiger partial charge >= 0.3 is 6.03 Å². The van der Waals surface area contributed by atoms with Gasteiger partial charge in [0.15, 0.2) is 16.5 Å². The third kappa shape index (κ3) is 7.77. The van der Waals surface area contributed by atoms with Crippen molar-refractivity contribution in [1.82, 2.24) is 34.4 Å². The number of piperidine rings is 1. The average molecular weight is 847 g/mol. The second-order valence-electron chi connectivity index (χ2n) is 16.5. The molecule has 5 amide bonds. The Morgan fingerprint density at radius 2 is 1.75 bits per heavy atom. The van der Waals surface area contributed by atoms with Crippen molar-refractivity contribution in [3.63, 3.8) is 0 Å². The Morgan fingerprint density at radius 3 is 2.48 bits per heavy atom. The fourth-order valence-electron chi connectivity index (χ4n) is 9.55. The first-order valence-electron chi connectivity index (χ1n) is 20.8. The summed E-state index contributed by atoms with van der Waals surface area (Å²) in [6, 6.07) is 5.80. The molecule has 3 N–H and O–H groups in total. The van der Waals surface area contributed by atoms with Gasteiger partial charge in [0.05, 0.1) is 40.8 Å². The van der Waals surface area contributed by atoms with E-state index in [-0.39, 0.29) is 41.7 Å². The van der Waals surface area contributed by atoms with E-state index in [0.29, 0.717) is 49.6 Å². The smallest absolute Gasteiger partial charge is 0.331 e. The van der Waals surface area contributed by atoms with E-state index in [9.17, 15) is 32.8 Å². The summed E-state index contributed by atoms with van der Waals surface area (Å²) in [5, 5.41) is 13.5. The number of rotatable bonds is 10. The number of fused-ring (bicyclic) bond motifs is 2. The predicted molar refractivity (Wildman–Crippen MR) is 219 cm³/mol. The van der Waals surface area contributed by atoms with Crippen LogP contribution in [0.5, 0.6) is 0 Å². The highest BCUT2D eigenvalue weighted by Gasteiger charge is 2.46. The van der Waals surface area contributed by atoms with E-state index in [1.807, 2.05) is 0 Å². The number of aromatic nitrogens is 4. The maximum absolute atomic E-state index is 14.2. The lowest BCUT2D eigenvalue weighted by molar-refractivity contribution is -0.136. The van der Waals surface area contributed by atoms with Crippen molar-refractivity contribution in [2.24, 2.45) is 5.92 Å². The van der Waals surface area contributed by atoms with Crippen LogP contribution < -0.4 is 20.9 Å². The number of nitrogens with one attached hydrogen (secondary N) is 3. The van der Waals surface area contributed by atoms with Crippen LogP contribution in [0.3, 0.4) is 0 Å². The molecule has 2 aliphatic carbocycles. The molecule has 0 bridgehead atoms. The second kappa shape index (κ2) is 16.6. The molecule has 4 fully saturated rings. The highest BCUT2D eigenvalue weighted by molar-refractivity contribution is 7.22. The number of carbonyl (C=O) groups excluding carboxylic acids is 5. The summed E-state index contributed by atoms with van der Waals surface area (Å²) in [5.74, 6) is -1.63. The zero-order valence-corrected chi connectivity index (χ0v) is 34.1. The SMILES string of the molecule is CN(C[C@H]1CC[C@H](n2cc(NC(=O)n3ccc4sc(N5CCOCC5)nc43)c(C(F)F)n2)CC1)[C@H]1CC[C@H](Nc2cccc3c2C(=O)N(C2CCC(=O)NC2=O)C3=O)CC1. The van der Waals surface area contributed by atoms with Crippen LogP contribution in [0.1, 0.15) is 103 Å². The Kier molecular flexibility index (Phi) is 11.1.